The summed E-state index contributed by atoms with van der Waals surface area (Å²) in [5.74, 6) is 0.181. The van der Waals surface area contributed by atoms with Gasteiger partial charge in [0, 0.05) is 6.20 Å². The van der Waals surface area contributed by atoms with Crippen LogP contribution in [0.15, 0.2) is 17.1 Å². The van der Waals surface area contributed by atoms with Crippen LogP contribution in [0, 0.1) is 0 Å². The van der Waals surface area contributed by atoms with E-state index >= 15 is 0 Å². The van der Waals surface area contributed by atoms with Gasteiger partial charge in [-0.3, -0.25) is 4.57 Å². The zero-order chi connectivity index (χ0) is 10.6. The van der Waals surface area contributed by atoms with Crippen molar-refractivity contribution < 1.29 is 9.84 Å². The molecule has 0 saturated carbocycles. The third kappa shape index (κ3) is 2.54. The van der Waals surface area contributed by atoms with Gasteiger partial charge in [-0.25, -0.2) is 4.79 Å². The summed E-state index contributed by atoms with van der Waals surface area (Å²) in [6.07, 6.45) is 1.05. The van der Waals surface area contributed by atoms with Crippen LogP contribution in [0.1, 0.15) is 13.2 Å². The number of rotatable bonds is 4. The van der Waals surface area contributed by atoms with Gasteiger partial charge in [0.2, 0.25) is 0 Å². The molecular weight excluding hydrogens is 186 g/mol. The van der Waals surface area contributed by atoms with Gasteiger partial charge in [-0.15, -0.1) is 0 Å². The van der Waals surface area contributed by atoms with Crippen LogP contribution in [0.4, 0.5) is 5.82 Å². The number of aliphatic hydroxyl groups excluding tert-OH is 1. The number of ether oxygens (including phenoxy) is 1. The standard InChI is InChI=1S/C8H13N3O3/c1-6(14-5-4-12)11-3-2-7(9)10-8(11)13/h2-3,6,12H,4-5H2,1H3,(H2,9,10,13). The van der Waals surface area contributed by atoms with Gasteiger partial charge < -0.3 is 15.6 Å². The number of hydrogen-bond acceptors (Lipinski definition) is 5. The zero-order valence-corrected chi connectivity index (χ0v) is 7.88. The molecule has 1 atom stereocenters. The molecular formula is C8H13N3O3. The van der Waals surface area contributed by atoms with E-state index in [4.69, 9.17) is 15.6 Å². The van der Waals surface area contributed by atoms with Crippen molar-refractivity contribution in [3.8, 4) is 0 Å². The summed E-state index contributed by atoms with van der Waals surface area (Å²) < 4.78 is 6.43. The molecule has 0 radical (unpaired) electrons. The lowest BCUT2D eigenvalue weighted by atomic mass is 10.5. The summed E-state index contributed by atoms with van der Waals surface area (Å²) in [5, 5.41) is 8.53. The Balaban J connectivity index is 2.80. The minimum Gasteiger partial charge on any atom is -0.394 e. The van der Waals surface area contributed by atoms with Crippen LogP contribution in [0.5, 0.6) is 0 Å². The van der Waals surface area contributed by atoms with Crippen LogP contribution in [0.2, 0.25) is 0 Å². The largest absolute Gasteiger partial charge is 0.394 e. The Morgan fingerprint density at radius 2 is 2.50 bits per heavy atom. The van der Waals surface area contributed by atoms with E-state index in [-0.39, 0.29) is 19.0 Å². The Hall–Kier alpha value is -1.40. The van der Waals surface area contributed by atoms with Gasteiger partial charge in [0.25, 0.3) is 0 Å². The van der Waals surface area contributed by atoms with Crippen LogP contribution in [-0.2, 0) is 4.74 Å². The predicted octanol–water partition coefficient (Wildman–Crippen LogP) is -0.647. The molecule has 78 valence electrons. The fourth-order valence-corrected chi connectivity index (χ4v) is 1.01. The fourth-order valence-electron chi connectivity index (χ4n) is 1.01. The lowest BCUT2D eigenvalue weighted by Gasteiger charge is -2.14. The summed E-state index contributed by atoms with van der Waals surface area (Å²) in [6.45, 7) is 1.79. The maximum absolute atomic E-state index is 11.3. The van der Waals surface area contributed by atoms with Crippen molar-refractivity contribution in [2.45, 2.75) is 13.2 Å². The van der Waals surface area contributed by atoms with E-state index in [9.17, 15) is 4.79 Å². The van der Waals surface area contributed by atoms with Gasteiger partial charge in [0.05, 0.1) is 13.2 Å². The smallest absolute Gasteiger partial charge is 0.351 e. The highest BCUT2D eigenvalue weighted by molar-refractivity contribution is 5.23. The molecule has 0 amide bonds. The van der Waals surface area contributed by atoms with Crippen LogP contribution < -0.4 is 11.4 Å². The van der Waals surface area contributed by atoms with Crippen LogP contribution >= 0.6 is 0 Å². The van der Waals surface area contributed by atoms with Crippen molar-refractivity contribution in [1.29, 1.82) is 0 Å². The Labute approximate surface area is 80.9 Å². The van der Waals surface area contributed by atoms with E-state index in [1.54, 1.807) is 6.92 Å². The molecule has 0 bridgehead atoms. The van der Waals surface area contributed by atoms with Gasteiger partial charge in [-0.2, -0.15) is 4.98 Å². The van der Waals surface area contributed by atoms with Crippen molar-refractivity contribution >= 4 is 5.82 Å². The van der Waals surface area contributed by atoms with Crippen LogP contribution in [0.25, 0.3) is 0 Å². The van der Waals surface area contributed by atoms with Gasteiger partial charge in [0.1, 0.15) is 12.0 Å². The van der Waals surface area contributed by atoms with E-state index in [1.807, 2.05) is 0 Å². The lowest BCUT2D eigenvalue weighted by molar-refractivity contribution is -0.00558. The number of hydrogen-bond donors (Lipinski definition) is 2. The molecule has 3 N–H and O–H groups in total. The number of nitrogens with zero attached hydrogens (tertiary/aromatic N) is 2. The number of nitrogens with two attached hydrogens (primary N) is 1. The second kappa shape index (κ2) is 4.73. The molecule has 14 heavy (non-hydrogen) atoms. The van der Waals surface area contributed by atoms with E-state index in [2.05, 4.69) is 4.98 Å². The third-order valence-corrected chi connectivity index (χ3v) is 1.69. The second-order valence-corrected chi connectivity index (χ2v) is 2.74. The van der Waals surface area contributed by atoms with E-state index < -0.39 is 11.9 Å². The second-order valence-electron chi connectivity index (χ2n) is 2.74. The molecule has 1 rings (SSSR count). The SMILES string of the molecule is CC(OCCO)n1ccc(N)nc1=O. The highest BCUT2D eigenvalue weighted by atomic mass is 16.5. The first kappa shape index (κ1) is 10.7. The maximum Gasteiger partial charge on any atom is 0.351 e. The number of aromatic nitrogens is 2. The number of nitrogen functional groups attached to an aromatic ring is 1. The Kier molecular flexibility index (Phi) is 3.61. The van der Waals surface area contributed by atoms with Gasteiger partial charge in [-0.05, 0) is 13.0 Å². The molecule has 1 unspecified atom stereocenters. The van der Waals surface area contributed by atoms with E-state index in [1.165, 1.54) is 16.8 Å². The number of anilines is 1. The van der Waals surface area contributed by atoms with Crippen molar-refractivity contribution in [2.24, 2.45) is 0 Å². The Morgan fingerprint density at radius 3 is 3.07 bits per heavy atom. The van der Waals surface area contributed by atoms with E-state index in [0.717, 1.165) is 0 Å². The normalized spacial score (nSPS) is 12.7. The van der Waals surface area contributed by atoms with Crippen molar-refractivity contribution in [3.63, 3.8) is 0 Å². The highest BCUT2D eigenvalue weighted by Gasteiger charge is 2.06. The molecule has 1 aromatic rings. The fraction of sp³-hybridized carbons (Fsp3) is 0.500. The molecule has 0 saturated heterocycles. The molecule has 0 spiro atoms. The molecule has 1 aromatic heterocycles. The molecule has 6 nitrogen and oxygen atoms in total. The van der Waals surface area contributed by atoms with Gasteiger partial charge in [0.15, 0.2) is 0 Å². The first-order chi connectivity index (χ1) is 6.65. The molecule has 1 heterocycles. The van der Waals surface area contributed by atoms with Crippen molar-refractivity contribution in [1.82, 2.24) is 9.55 Å². The summed E-state index contributed by atoms with van der Waals surface area (Å²) in [7, 11) is 0. The summed E-state index contributed by atoms with van der Waals surface area (Å²) in [5.41, 5.74) is 4.86. The molecule has 6 heteroatoms. The van der Waals surface area contributed by atoms with Crippen molar-refractivity contribution in [2.75, 3.05) is 18.9 Å². The molecule has 0 aliphatic carbocycles. The average molecular weight is 199 g/mol. The molecule has 0 fully saturated rings. The van der Waals surface area contributed by atoms with Crippen LogP contribution in [0.3, 0.4) is 0 Å². The molecule has 0 aliphatic rings. The summed E-state index contributed by atoms with van der Waals surface area (Å²) in [6, 6.07) is 1.51. The summed E-state index contributed by atoms with van der Waals surface area (Å²) >= 11 is 0. The highest BCUT2D eigenvalue weighted by Crippen LogP contribution is 2.03. The number of aliphatic hydroxyl groups is 1. The third-order valence-electron chi connectivity index (χ3n) is 1.69. The minimum atomic E-state index is -0.463. The maximum atomic E-state index is 11.3. The lowest BCUT2D eigenvalue weighted by Crippen LogP contribution is -2.27. The first-order valence-corrected chi connectivity index (χ1v) is 4.22. The average Bonchev–Trinajstić information content (AvgIpc) is 2.14. The van der Waals surface area contributed by atoms with Gasteiger partial charge >= 0.3 is 5.69 Å². The van der Waals surface area contributed by atoms with Crippen LogP contribution in [-0.4, -0.2) is 27.9 Å². The van der Waals surface area contributed by atoms with Crippen molar-refractivity contribution in [3.05, 3.63) is 22.7 Å². The predicted molar refractivity (Wildman–Crippen MR) is 50.7 cm³/mol. The quantitative estimate of drug-likeness (QED) is 0.672. The minimum absolute atomic E-state index is 0.0819. The van der Waals surface area contributed by atoms with E-state index in [0.29, 0.717) is 0 Å². The Morgan fingerprint density at radius 1 is 1.79 bits per heavy atom. The Bertz CT molecular complexity index is 350. The first-order valence-electron chi connectivity index (χ1n) is 4.22. The van der Waals surface area contributed by atoms with Gasteiger partial charge in [-0.1, -0.05) is 0 Å². The topological polar surface area (TPSA) is 90.4 Å². The molecule has 0 aliphatic heterocycles. The monoisotopic (exact) mass is 199 g/mol. The zero-order valence-electron chi connectivity index (χ0n) is 7.88. The molecule has 0 aromatic carbocycles. The summed E-state index contributed by atoms with van der Waals surface area (Å²) in [4.78, 5) is 14.8.